The lowest BCUT2D eigenvalue weighted by Gasteiger charge is -2.01. The molecule has 0 bridgehead atoms. The van der Waals surface area contributed by atoms with Gasteiger partial charge in [0.15, 0.2) is 5.01 Å². The first-order valence-electron chi connectivity index (χ1n) is 4.17. The predicted molar refractivity (Wildman–Crippen MR) is 61.4 cm³/mol. The van der Waals surface area contributed by atoms with Crippen molar-refractivity contribution in [3.05, 3.63) is 45.4 Å². The molecule has 0 fully saturated rings. The van der Waals surface area contributed by atoms with E-state index in [0.29, 0.717) is 21.3 Å². The van der Waals surface area contributed by atoms with Gasteiger partial charge in [-0.3, -0.25) is 4.79 Å². The van der Waals surface area contributed by atoms with Gasteiger partial charge in [-0.1, -0.05) is 11.6 Å². The smallest absolute Gasteiger partial charge is 0.223 e. The molecule has 5 heteroatoms. The summed E-state index contributed by atoms with van der Waals surface area (Å²) in [5.41, 5.74) is 6.50. The molecule has 0 aliphatic heterocycles. The zero-order valence-electron chi connectivity index (χ0n) is 7.61. The van der Waals surface area contributed by atoms with Gasteiger partial charge >= 0.3 is 0 Å². The molecule has 0 radical (unpaired) electrons. The van der Waals surface area contributed by atoms with Crippen molar-refractivity contribution in [2.24, 2.45) is 0 Å². The number of hydrogen-bond acceptors (Lipinski definition) is 4. The van der Waals surface area contributed by atoms with Crippen LogP contribution in [0.4, 0.5) is 5.69 Å². The van der Waals surface area contributed by atoms with Crippen LogP contribution < -0.4 is 5.73 Å². The Labute approximate surface area is 95.5 Å². The molecular formula is C10H7ClN2OS. The SMILES string of the molecule is Nc1ccc(Cl)c(C(=O)c2nccs2)c1. The summed E-state index contributed by atoms with van der Waals surface area (Å²) in [5.74, 6) is -0.192. The van der Waals surface area contributed by atoms with Crippen LogP contribution in [0.5, 0.6) is 0 Å². The van der Waals surface area contributed by atoms with Gasteiger partial charge in [0.1, 0.15) is 0 Å². The van der Waals surface area contributed by atoms with Gasteiger partial charge in [0, 0.05) is 22.8 Å². The lowest BCUT2D eigenvalue weighted by molar-refractivity contribution is 0.103. The first kappa shape index (κ1) is 10.1. The molecule has 15 heavy (non-hydrogen) atoms. The molecule has 0 spiro atoms. The standard InChI is InChI=1S/C10H7ClN2OS/c11-8-2-1-6(12)5-7(8)9(14)10-13-3-4-15-10/h1-5H,12H2. The zero-order valence-corrected chi connectivity index (χ0v) is 9.18. The van der Waals surface area contributed by atoms with Crippen LogP contribution in [0.3, 0.4) is 0 Å². The molecule has 0 saturated carbocycles. The van der Waals surface area contributed by atoms with Gasteiger partial charge in [-0.25, -0.2) is 4.98 Å². The molecule has 2 aromatic rings. The Morgan fingerprint density at radius 2 is 2.27 bits per heavy atom. The summed E-state index contributed by atoms with van der Waals surface area (Å²) in [6.07, 6.45) is 1.58. The summed E-state index contributed by atoms with van der Waals surface area (Å²) >= 11 is 7.19. The average molecular weight is 239 g/mol. The number of nitrogens with two attached hydrogens (primary N) is 1. The van der Waals surface area contributed by atoms with Gasteiger partial charge in [-0.2, -0.15) is 0 Å². The van der Waals surface area contributed by atoms with Crippen LogP contribution in [-0.2, 0) is 0 Å². The van der Waals surface area contributed by atoms with E-state index in [2.05, 4.69) is 4.98 Å². The third-order valence-corrected chi connectivity index (χ3v) is 2.96. The number of ketones is 1. The van der Waals surface area contributed by atoms with Crippen molar-refractivity contribution in [2.75, 3.05) is 5.73 Å². The molecule has 0 saturated heterocycles. The van der Waals surface area contributed by atoms with Crippen molar-refractivity contribution in [3.8, 4) is 0 Å². The van der Waals surface area contributed by atoms with Crippen molar-refractivity contribution < 1.29 is 4.79 Å². The minimum Gasteiger partial charge on any atom is -0.399 e. The molecule has 1 aromatic heterocycles. The molecular weight excluding hydrogens is 232 g/mol. The second-order valence-corrected chi connectivity index (χ2v) is 4.21. The number of nitrogen functional groups attached to an aromatic ring is 1. The maximum atomic E-state index is 11.9. The fraction of sp³-hybridized carbons (Fsp3) is 0. The molecule has 0 unspecified atom stereocenters. The number of nitrogens with zero attached hydrogens (tertiary/aromatic N) is 1. The first-order valence-corrected chi connectivity index (χ1v) is 5.43. The summed E-state index contributed by atoms with van der Waals surface area (Å²) in [5, 5.41) is 2.56. The summed E-state index contributed by atoms with van der Waals surface area (Å²) in [6.45, 7) is 0. The maximum Gasteiger partial charge on any atom is 0.223 e. The minimum absolute atomic E-state index is 0.192. The zero-order chi connectivity index (χ0) is 10.8. The van der Waals surface area contributed by atoms with Gasteiger partial charge in [0.2, 0.25) is 5.78 Å². The highest BCUT2D eigenvalue weighted by Crippen LogP contribution is 2.22. The van der Waals surface area contributed by atoms with E-state index in [-0.39, 0.29) is 5.78 Å². The van der Waals surface area contributed by atoms with E-state index in [9.17, 15) is 4.79 Å². The molecule has 0 aliphatic carbocycles. The Kier molecular flexibility index (Phi) is 2.70. The normalized spacial score (nSPS) is 10.2. The number of carbonyl (C=O) groups is 1. The number of anilines is 1. The Balaban J connectivity index is 2.46. The maximum absolute atomic E-state index is 11.9. The highest BCUT2D eigenvalue weighted by atomic mass is 35.5. The number of benzene rings is 1. The van der Waals surface area contributed by atoms with Crippen LogP contribution >= 0.6 is 22.9 Å². The van der Waals surface area contributed by atoms with Crippen LogP contribution in [0.1, 0.15) is 15.4 Å². The lowest BCUT2D eigenvalue weighted by Crippen LogP contribution is -2.02. The van der Waals surface area contributed by atoms with Crippen LogP contribution in [0, 0.1) is 0 Å². The number of carbonyl (C=O) groups excluding carboxylic acids is 1. The summed E-state index contributed by atoms with van der Waals surface area (Å²) in [4.78, 5) is 15.8. The summed E-state index contributed by atoms with van der Waals surface area (Å²) < 4.78 is 0. The van der Waals surface area contributed by atoms with E-state index >= 15 is 0 Å². The molecule has 1 heterocycles. The minimum atomic E-state index is -0.192. The Morgan fingerprint density at radius 1 is 1.47 bits per heavy atom. The van der Waals surface area contributed by atoms with Crippen LogP contribution in [-0.4, -0.2) is 10.8 Å². The Hall–Kier alpha value is -1.39. The van der Waals surface area contributed by atoms with Gasteiger partial charge in [0.05, 0.1) is 5.02 Å². The second kappa shape index (κ2) is 4.00. The number of halogens is 1. The highest BCUT2D eigenvalue weighted by molar-refractivity contribution is 7.11. The second-order valence-electron chi connectivity index (χ2n) is 2.91. The number of rotatable bonds is 2. The molecule has 76 valence electrons. The van der Waals surface area contributed by atoms with E-state index in [4.69, 9.17) is 17.3 Å². The molecule has 3 nitrogen and oxygen atoms in total. The van der Waals surface area contributed by atoms with Gasteiger partial charge in [0.25, 0.3) is 0 Å². The van der Waals surface area contributed by atoms with Crippen molar-refractivity contribution in [2.45, 2.75) is 0 Å². The van der Waals surface area contributed by atoms with E-state index in [1.807, 2.05) is 0 Å². The number of aromatic nitrogens is 1. The fourth-order valence-electron chi connectivity index (χ4n) is 1.17. The Morgan fingerprint density at radius 3 is 2.93 bits per heavy atom. The molecule has 1 aromatic carbocycles. The highest BCUT2D eigenvalue weighted by Gasteiger charge is 2.15. The van der Waals surface area contributed by atoms with Gasteiger partial charge in [-0.05, 0) is 18.2 Å². The quantitative estimate of drug-likeness (QED) is 0.646. The van der Waals surface area contributed by atoms with Crippen molar-refractivity contribution in [1.29, 1.82) is 0 Å². The van der Waals surface area contributed by atoms with E-state index in [1.165, 1.54) is 11.3 Å². The third-order valence-electron chi connectivity index (χ3n) is 1.86. The number of hydrogen-bond donors (Lipinski definition) is 1. The summed E-state index contributed by atoms with van der Waals surface area (Å²) in [6, 6.07) is 4.82. The fourth-order valence-corrected chi connectivity index (χ4v) is 1.96. The molecule has 0 atom stereocenters. The van der Waals surface area contributed by atoms with Crippen molar-refractivity contribution in [1.82, 2.24) is 4.98 Å². The van der Waals surface area contributed by atoms with Crippen molar-refractivity contribution >= 4 is 34.4 Å². The molecule has 2 rings (SSSR count). The van der Waals surface area contributed by atoms with E-state index in [1.54, 1.807) is 29.8 Å². The lowest BCUT2D eigenvalue weighted by atomic mass is 10.1. The predicted octanol–water partition coefficient (Wildman–Crippen LogP) is 2.61. The van der Waals surface area contributed by atoms with E-state index in [0.717, 1.165) is 0 Å². The first-order chi connectivity index (χ1) is 7.18. The van der Waals surface area contributed by atoms with Gasteiger partial charge in [-0.15, -0.1) is 11.3 Å². The topological polar surface area (TPSA) is 56.0 Å². The molecule has 0 amide bonds. The average Bonchev–Trinajstić information content (AvgIpc) is 2.74. The van der Waals surface area contributed by atoms with Crippen LogP contribution in [0.2, 0.25) is 5.02 Å². The molecule has 2 N–H and O–H groups in total. The molecule has 0 aliphatic rings. The Bertz CT molecular complexity index is 496. The van der Waals surface area contributed by atoms with Crippen molar-refractivity contribution in [3.63, 3.8) is 0 Å². The van der Waals surface area contributed by atoms with Crippen LogP contribution in [0.15, 0.2) is 29.8 Å². The number of thiazole rings is 1. The third kappa shape index (κ3) is 2.00. The van der Waals surface area contributed by atoms with Crippen LogP contribution in [0.25, 0.3) is 0 Å². The monoisotopic (exact) mass is 238 g/mol. The summed E-state index contributed by atoms with van der Waals surface area (Å²) in [7, 11) is 0. The van der Waals surface area contributed by atoms with E-state index < -0.39 is 0 Å². The van der Waals surface area contributed by atoms with Gasteiger partial charge < -0.3 is 5.73 Å². The largest absolute Gasteiger partial charge is 0.399 e.